The number of hydrogen-bond donors (Lipinski definition) is 2. The molecule has 1 fully saturated rings. The molecule has 108 valence electrons. The number of likely N-dealkylation sites (tertiary alicyclic amines) is 1. The van der Waals surface area contributed by atoms with Gasteiger partial charge in [-0.3, -0.25) is 4.90 Å². The second-order valence-corrected chi connectivity index (χ2v) is 5.95. The van der Waals surface area contributed by atoms with Gasteiger partial charge in [-0.2, -0.15) is 0 Å². The van der Waals surface area contributed by atoms with E-state index < -0.39 is 0 Å². The Bertz CT molecular complexity index is 231. The van der Waals surface area contributed by atoms with Gasteiger partial charge in [0.25, 0.3) is 0 Å². The fourth-order valence-electron chi connectivity index (χ4n) is 2.51. The quantitative estimate of drug-likeness (QED) is 0.634. The van der Waals surface area contributed by atoms with Crippen LogP contribution in [-0.2, 0) is 9.47 Å². The summed E-state index contributed by atoms with van der Waals surface area (Å²) in [6.07, 6.45) is 1.09. The molecule has 3 N–H and O–H groups in total. The van der Waals surface area contributed by atoms with Crippen LogP contribution < -0.4 is 5.73 Å². The molecule has 2 unspecified atom stereocenters. The first-order valence-corrected chi connectivity index (χ1v) is 6.67. The first-order valence-electron chi connectivity index (χ1n) is 6.67. The third-order valence-electron chi connectivity index (χ3n) is 3.10. The summed E-state index contributed by atoms with van der Waals surface area (Å²) in [5, 5.41) is 9.36. The van der Waals surface area contributed by atoms with E-state index in [0.717, 1.165) is 26.1 Å². The molecule has 0 radical (unpaired) electrons. The standard InChI is InChI=1S/C13H28N2O3/c1-13(2,14)10-15-7-11(9-16)6-12(8-15)18-5-4-17-3/h11-12,16H,4-10,14H2,1-3H3. The summed E-state index contributed by atoms with van der Waals surface area (Å²) in [6.45, 7) is 8.11. The van der Waals surface area contributed by atoms with Gasteiger partial charge >= 0.3 is 0 Å². The zero-order valence-electron chi connectivity index (χ0n) is 11.9. The molecule has 5 nitrogen and oxygen atoms in total. The van der Waals surface area contributed by atoms with Crippen molar-refractivity contribution >= 4 is 0 Å². The van der Waals surface area contributed by atoms with Crippen molar-refractivity contribution < 1.29 is 14.6 Å². The highest BCUT2D eigenvalue weighted by molar-refractivity contribution is 4.85. The largest absolute Gasteiger partial charge is 0.396 e. The van der Waals surface area contributed by atoms with E-state index in [1.807, 2.05) is 13.8 Å². The van der Waals surface area contributed by atoms with Crippen molar-refractivity contribution in [2.24, 2.45) is 11.7 Å². The Balaban J connectivity index is 2.44. The Morgan fingerprint density at radius 3 is 2.61 bits per heavy atom. The van der Waals surface area contributed by atoms with E-state index in [2.05, 4.69) is 4.90 Å². The molecule has 0 spiro atoms. The number of nitrogens with two attached hydrogens (primary N) is 1. The number of rotatable bonds is 7. The van der Waals surface area contributed by atoms with E-state index in [1.54, 1.807) is 7.11 Å². The van der Waals surface area contributed by atoms with Gasteiger partial charge in [0.05, 0.1) is 19.3 Å². The maximum Gasteiger partial charge on any atom is 0.0707 e. The van der Waals surface area contributed by atoms with Gasteiger partial charge < -0.3 is 20.3 Å². The van der Waals surface area contributed by atoms with Crippen LogP contribution >= 0.6 is 0 Å². The fourth-order valence-corrected chi connectivity index (χ4v) is 2.51. The summed E-state index contributed by atoms with van der Waals surface area (Å²) in [5.74, 6) is 0.286. The molecule has 0 amide bonds. The Hall–Kier alpha value is -0.200. The van der Waals surface area contributed by atoms with Gasteiger partial charge in [0.15, 0.2) is 0 Å². The summed E-state index contributed by atoms with van der Waals surface area (Å²) in [4.78, 5) is 2.29. The van der Waals surface area contributed by atoms with E-state index in [-0.39, 0.29) is 24.2 Å². The SMILES string of the molecule is COCCOC1CC(CO)CN(CC(C)(C)N)C1. The molecule has 0 saturated carbocycles. The zero-order chi connectivity index (χ0) is 13.6. The molecule has 0 aromatic heterocycles. The summed E-state index contributed by atoms with van der Waals surface area (Å²) in [5.41, 5.74) is 5.84. The van der Waals surface area contributed by atoms with Crippen LogP contribution in [0.3, 0.4) is 0 Å². The van der Waals surface area contributed by atoms with E-state index in [4.69, 9.17) is 15.2 Å². The third kappa shape index (κ3) is 6.11. The summed E-state index contributed by atoms with van der Waals surface area (Å²) in [7, 11) is 1.67. The third-order valence-corrected chi connectivity index (χ3v) is 3.10. The molecular formula is C13H28N2O3. The van der Waals surface area contributed by atoms with Crippen molar-refractivity contribution in [1.82, 2.24) is 4.90 Å². The lowest BCUT2D eigenvalue weighted by Gasteiger charge is -2.39. The van der Waals surface area contributed by atoms with Crippen molar-refractivity contribution in [3.8, 4) is 0 Å². The number of ether oxygens (including phenoxy) is 2. The second-order valence-electron chi connectivity index (χ2n) is 5.95. The molecule has 1 aliphatic heterocycles. The van der Waals surface area contributed by atoms with Crippen molar-refractivity contribution in [3.63, 3.8) is 0 Å². The van der Waals surface area contributed by atoms with Crippen LogP contribution in [0, 0.1) is 5.92 Å². The number of piperidine rings is 1. The predicted octanol–water partition coefficient (Wildman–Crippen LogP) is 0.0695. The van der Waals surface area contributed by atoms with Crippen LogP contribution in [0.5, 0.6) is 0 Å². The number of aliphatic hydroxyl groups excluding tert-OH is 1. The Labute approximate surface area is 110 Å². The minimum atomic E-state index is -0.214. The van der Waals surface area contributed by atoms with Crippen molar-refractivity contribution in [3.05, 3.63) is 0 Å². The number of aliphatic hydroxyl groups is 1. The van der Waals surface area contributed by atoms with Crippen molar-refractivity contribution in [2.45, 2.75) is 31.9 Å². The van der Waals surface area contributed by atoms with Gasteiger partial charge in [-0.25, -0.2) is 0 Å². The minimum Gasteiger partial charge on any atom is -0.396 e. The molecule has 18 heavy (non-hydrogen) atoms. The molecule has 1 aliphatic rings. The van der Waals surface area contributed by atoms with E-state index in [1.165, 1.54) is 0 Å². The first-order chi connectivity index (χ1) is 8.44. The molecule has 0 bridgehead atoms. The van der Waals surface area contributed by atoms with Gasteiger partial charge in [-0.1, -0.05) is 0 Å². The first kappa shape index (κ1) is 15.9. The molecule has 1 rings (SSSR count). The van der Waals surface area contributed by atoms with Crippen LogP contribution in [0.1, 0.15) is 20.3 Å². The lowest BCUT2D eigenvalue weighted by atomic mass is 9.95. The normalized spacial score (nSPS) is 26.5. The number of methoxy groups -OCH3 is 1. The van der Waals surface area contributed by atoms with Crippen LogP contribution in [-0.4, -0.2) is 68.2 Å². The number of hydrogen-bond acceptors (Lipinski definition) is 5. The fraction of sp³-hybridized carbons (Fsp3) is 1.00. The van der Waals surface area contributed by atoms with Gasteiger partial charge in [0.1, 0.15) is 0 Å². The Morgan fingerprint density at radius 2 is 2.06 bits per heavy atom. The monoisotopic (exact) mass is 260 g/mol. The van der Waals surface area contributed by atoms with Crippen molar-refractivity contribution in [1.29, 1.82) is 0 Å². The molecule has 2 atom stereocenters. The predicted molar refractivity (Wildman–Crippen MR) is 71.5 cm³/mol. The van der Waals surface area contributed by atoms with Gasteiger partial charge in [-0.15, -0.1) is 0 Å². The van der Waals surface area contributed by atoms with Gasteiger partial charge in [0, 0.05) is 38.9 Å². The van der Waals surface area contributed by atoms with Gasteiger partial charge in [0.2, 0.25) is 0 Å². The maximum atomic E-state index is 9.36. The molecule has 0 aromatic carbocycles. The maximum absolute atomic E-state index is 9.36. The second kappa shape index (κ2) is 7.40. The van der Waals surface area contributed by atoms with E-state index >= 15 is 0 Å². The Morgan fingerprint density at radius 1 is 1.33 bits per heavy atom. The zero-order valence-corrected chi connectivity index (χ0v) is 11.9. The molecule has 0 aromatic rings. The van der Waals surface area contributed by atoms with Gasteiger partial charge in [-0.05, 0) is 26.2 Å². The van der Waals surface area contributed by atoms with Crippen LogP contribution in [0.15, 0.2) is 0 Å². The molecule has 1 saturated heterocycles. The number of nitrogens with zero attached hydrogens (tertiary/aromatic N) is 1. The average molecular weight is 260 g/mol. The highest BCUT2D eigenvalue weighted by Crippen LogP contribution is 2.20. The van der Waals surface area contributed by atoms with E-state index in [0.29, 0.717) is 13.2 Å². The topological polar surface area (TPSA) is 68.0 Å². The molecule has 5 heteroatoms. The average Bonchev–Trinajstić information content (AvgIpc) is 2.26. The lowest BCUT2D eigenvalue weighted by molar-refractivity contribution is -0.0464. The highest BCUT2D eigenvalue weighted by atomic mass is 16.5. The molecular weight excluding hydrogens is 232 g/mol. The summed E-state index contributed by atoms with van der Waals surface area (Å²) >= 11 is 0. The van der Waals surface area contributed by atoms with Crippen LogP contribution in [0.4, 0.5) is 0 Å². The molecule has 0 aliphatic carbocycles. The highest BCUT2D eigenvalue weighted by Gasteiger charge is 2.29. The lowest BCUT2D eigenvalue weighted by Crippen LogP contribution is -2.52. The minimum absolute atomic E-state index is 0.174. The smallest absolute Gasteiger partial charge is 0.0707 e. The van der Waals surface area contributed by atoms with Crippen LogP contribution in [0.25, 0.3) is 0 Å². The Kier molecular flexibility index (Phi) is 6.52. The van der Waals surface area contributed by atoms with E-state index in [9.17, 15) is 5.11 Å². The molecule has 1 heterocycles. The van der Waals surface area contributed by atoms with Crippen LogP contribution in [0.2, 0.25) is 0 Å². The summed E-state index contributed by atoms with van der Waals surface area (Å²) < 4.78 is 10.8. The summed E-state index contributed by atoms with van der Waals surface area (Å²) in [6, 6.07) is 0. The van der Waals surface area contributed by atoms with Crippen molar-refractivity contribution in [2.75, 3.05) is 46.6 Å².